The fourth-order valence-corrected chi connectivity index (χ4v) is 0.949. The fourth-order valence-electron chi connectivity index (χ4n) is 0.949. The highest BCUT2D eigenvalue weighted by molar-refractivity contribution is 5.91. The third-order valence-electron chi connectivity index (χ3n) is 1.62. The maximum absolute atomic E-state index is 10.7. The lowest BCUT2D eigenvalue weighted by molar-refractivity contribution is -0.142. The van der Waals surface area contributed by atoms with Gasteiger partial charge in [-0.15, -0.1) is 0 Å². The van der Waals surface area contributed by atoms with E-state index in [9.17, 15) is 14.4 Å². The minimum absolute atomic E-state index is 0.221. The van der Waals surface area contributed by atoms with Crippen molar-refractivity contribution in [1.82, 2.24) is 0 Å². The molecule has 0 bridgehead atoms. The van der Waals surface area contributed by atoms with E-state index in [1.54, 1.807) is 19.9 Å². The molecule has 0 aromatic carbocycles. The van der Waals surface area contributed by atoms with Crippen LogP contribution in [0.5, 0.6) is 0 Å². The van der Waals surface area contributed by atoms with Crippen LogP contribution in [0.15, 0.2) is 36.0 Å². The first-order valence-corrected chi connectivity index (χ1v) is 6.13. The molecule has 0 spiro atoms. The van der Waals surface area contributed by atoms with Crippen LogP contribution < -0.4 is 0 Å². The van der Waals surface area contributed by atoms with Crippen LogP contribution in [-0.4, -0.2) is 36.2 Å². The Balaban J connectivity index is 0. The van der Waals surface area contributed by atoms with Crippen molar-refractivity contribution in [3.8, 4) is 0 Å². The number of hydrogen-bond donors (Lipinski definition) is 1. The van der Waals surface area contributed by atoms with Gasteiger partial charge in [0.1, 0.15) is 0 Å². The molecule has 0 radical (unpaired) electrons. The summed E-state index contributed by atoms with van der Waals surface area (Å²) < 4.78 is 9.04. The number of rotatable bonds is 5. The Bertz CT molecular complexity index is 439. The van der Waals surface area contributed by atoms with Crippen molar-refractivity contribution in [2.24, 2.45) is 0 Å². The van der Waals surface area contributed by atoms with Crippen LogP contribution >= 0.6 is 0 Å². The SMILES string of the molecule is C=C(C=C(C)C)C(=O)OC.CC(C)OC(=O)/C=C\C(=O)O. The zero-order chi connectivity index (χ0) is 17.0. The molecule has 6 heteroatoms. The molecule has 0 atom stereocenters. The molecule has 0 saturated heterocycles. The molecule has 0 saturated carbocycles. The second-order valence-corrected chi connectivity index (χ2v) is 4.40. The summed E-state index contributed by atoms with van der Waals surface area (Å²) >= 11 is 0. The molecule has 0 amide bonds. The predicted molar refractivity (Wildman–Crippen MR) is 78.6 cm³/mol. The van der Waals surface area contributed by atoms with Crippen LogP contribution in [0.3, 0.4) is 0 Å². The molecule has 6 nitrogen and oxygen atoms in total. The standard InChI is InChI=1S/C8H12O2.C7H10O4/c1-6(2)5-7(3)8(9)10-4;1-5(2)11-7(10)4-3-6(8)9/h5H,3H2,1-2,4H3;3-5H,1-2H3,(H,8,9)/b;4-3-. The van der Waals surface area contributed by atoms with Crippen LogP contribution in [0.25, 0.3) is 0 Å². The van der Waals surface area contributed by atoms with E-state index in [4.69, 9.17) is 5.11 Å². The van der Waals surface area contributed by atoms with Crippen LogP contribution in [-0.2, 0) is 23.9 Å². The lowest BCUT2D eigenvalue weighted by atomic mass is 10.2. The van der Waals surface area contributed by atoms with Crippen LogP contribution in [0, 0.1) is 0 Å². The van der Waals surface area contributed by atoms with E-state index in [-0.39, 0.29) is 12.1 Å². The van der Waals surface area contributed by atoms with Gasteiger partial charge >= 0.3 is 17.9 Å². The molecule has 0 fully saturated rings. The molecule has 1 N–H and O–H groups in total. The second kappa shape index (κ2) is 11.5. The zero-order valence-electron chi connectivity index (χ0n) is 13.0. The maximum atomic E-state index is 10.7. The largest absolute Gasteiger partial charge is 0.478 e. The predicted octanol–water partition coefficient (Wildman–Crippen LogP) is 2.26. The number of methoxy groups -OCH3 is 1. The molecule has 0 aliphatic rings. The fraction of sp³-hybridized carbons (Fsp3) is 0.400. The number of carboxylic acids is 1. The summed E-state index contributed by atoms with van der Waals surface area (Å²) in [5.74, 6) is -2.17. The Labute approximate surface area is 124 Å². The summed E-state index contributed by atoms with van der Waals surface area (Å²) in [5.41, 5.74) is 1.43. The van der Waals surface area contributed by atoms with Gasteiger partial charge in [0, 0.05) is 12.2 Å². The van der Waals surface area contributed by atoms with Crippen LogP contribution in [0.2, 0.25) is 0 Å². The molecular formula is C15H22O6. The Morgan fingerprint density at radius 3 is 2.00 bits per heavy atom. The van der Waals surface area contributed by atoms with Gasteiger partial charge in [-0.1, -0.05) is 12.2 Å². The van der Waals surface area contributed by atoms with E-state index < -0.39 is 11.9 Å². The molecule has 118 valence electrons. The van der Waals surface area contributed by atoms with Gasteiger partial charge < -0.3 is 14.6 Å². The average Bonchev–Trinajstić information content (AvgIpc) is 2.34. The highest BCUT2D eigenvalue weighted by atomic mass is 16.5. The number of carbonyl (C=O) groups excluding carboxylic acids is 2. The molecular weight excluding hydrogens is 276 g/mol. The van der Waals surface area contributed by atoms with Crippen molar-refractivity contribution in [2.75, 3.05) is 7.11 Å². The van der Waals surface area contributed by atoms with Crippen molar-refractivity contribution < 1.29 is 29.0 Å². The van der Waals surface area contributed by atoms with Gasteiger partial charge in [0.2, 0.25) is 0 Å². The number of hydrogen-bond acceptors (Lipinski definition) is 5. The van der Waals surface area contributed by atoms with E-state index in [0.29, 0.717) is 5.57 Å². The summed E-state index contributed by atoms with van der Waals surface area (Å²) in [5, 5.41) is 8.10. The Kier molecular flexibility index (Phi) is 11.4. The lowest BCUT2D eigenvalue weighted by Crippen LogP contribution is -2.08. The van der Waals surface area contributed by atoms with Crippen molar-refractivity contribution in [3.63, 3.8) is 0 Å². The van der Waals surface area contributed by atoms with Gasteiger partial charge in [-0.3, -0.25) is 0 Å². The van der Waals surface area contributed by atoms with Crippen LogP contribution in [0.1, 0.15) is 27.7 Å². The first-order chi connectivity index (χ1) is 9.59. The number of allylic oxidation sites excluding steroid dienone is 1. The van der Waals surface area contributed by atoms with Crippen molar-refractivity contribution in [2.45, 2.75) is 33.8 Å². The topological polar surface area (TPSA) is 89.9 Å². The zero-order valence-corrected chi connectivity index (χ0v) is 13.0. The second-order valence-electron chi connectivity index (χ2n) is 4.40. The van der Waals surface area contributed by atoms with Gasteiger partial charge in [0.25, 0.3) is 0 Å². The molecule has 0 aliphatic carbocycles. The van der Waals surface area contributed by atoms with Gasteiger partial charge in [0.05, 0.1) is 18.8 Å². The maximum Gasteiger partial charge on any atom is 0.337 e. The molecule has 0 heterocycles. The van der Waals surface area contributed by atoms with E-state index in [2.05, 4.69) is 16.1 Å². The van der Waals surface area contributed by atoms with Crippen molar-refractivity contribution >= 4 is 17.9 Å². The Hall–Kier alpha value is -2.37. The number of ether oxygens (including phenoxy) is 2. The van der Waals surface area contributed by atoms with E-state index in [1.165, 1.54) is 7.11 Å². The molecule has 0 aliphatic heterocycles. The average molecular weight is 298 g/mol. The first kappa shape index (κ1) is 20.9. The number of carboxylic acid groups (broad SMARTS) is 1. The highest BCUT2D eigenvalue weighted by Gasteiger charge is 2.01. The number of esters is 2. The highest BCUT2D eigenvalue weighted by Crippen LogP contribution is 2.00. The molecule has 0 aromatic rings. The number of aliphatic carboxylic acids is 1. The summed E-state index contributed by atoms with van der Waals surface area (Å²) in [6.07, 6.45) is 3.08. The van der Waals surface area contributed by atoms with Crippen LogP contribution in [0.4, 0.5) is 0 Å². The molecule has 0 aromatic heterocycles. The number of carbonyl (C=O) groups is 3. The lowest BCUT2D eigenvalue weighted by Gasteiger charge is -2.02. The van der Waals surface area contributed by atoms with Gasteiger partial charge in [0.15, 0.2) is 0 Å². The molecule has 0 unspecified atom stereocenters. The minimum Gasteiger partial charge on any atom is -0.478 e. The van der Waals surface area contributed by atoms with Gasteiger partial charge in [-0.05, 0) is 33.8 Å². The molecule has 21 heavy (non-hydrogen) atoms. The monoisotopic (exact) mass is 298 g/mol. The summed E-state index contributed by atoms with van der Waals surface area (Å²) in [7, 11) is 1.34. The Morgan fingerprint density at radius 1 is 1.14 bits per heavy atom. The van der Waals surface area contributed by atoms with E-state index in [0.717, 1.165) is 17.7 Å². The Morgan fingerprint density at radius 2 is 1.67 bits per heavy atom. The third kappa shape index (κ3) is 15.6. The third-order valence-corrected chi connectivity index (χ3v) is 1.62. The quantitative estimate of drug-likeness (QED) is 0.475. The van der Waals surface area contributed by atoms with Crippen molar-refractivity contribution in [3.05, 3.63) is 36.0 Å². The van der Waals surface area contributed by atoms with E-state index in [1.807, 2.05) is 13.8 Å². The normalized spacial score (nSPS) is 9.43. The summed E-state index contributed by atoms with van der Waals surface area (Å²) in [4.78, 5) is 31.2. The first-order valence-electron chi connectivity index (χ1n) is 6.13. The van der Waals surface area contributed by atoms with Gasteiger partial charge in [-0.2, -0.15) is 0 Å². The summed E-state index contributed by atoms with van der Waals surface area (Å²) in [6.45, 7) is 10.7. The van der Waals surface area contributed by atoms with Gasteiger partial charge in [-0.25, -0.2) is 14.4 Å². The minimum atomic E-state index is -1.16. The van der Waals surface area contributed by atoms with Crippen molar-refractivity contribution in [1.29, 1.82) is 0 Å². The molecule has 0 rings (SSSR count). The summed E-state index contributed by atoms with van der Waals surface area (Å²) in [6, 6.07) is 0. The van der Waals surface area contributed by atoms with E-state index >= 15 is 0 Å². The smallest absolute Gasteiger partial charge is 0.337 e.